The summed E-state index contributed by atoms with van der Waals surface area (Å²) in [6.45, 7) is 5.76. The van der Waals surface area contributed by atoms with Crippen molar-refractivity contribution in [3.63, 3.8) is 0 Å². The van der Waals surface area contributed by atoms with Crippen molar-refractivity contribution >= 4 is 35.1 Å². The number of hydrazone groups is 1. The van der Waals surface area contributed by atoms with Gasteiger partial charge in [-0.15, -0.1) is 0 Å². The lowest BCUT2D eigenvalue weighted by atomic mass is 10.1. The Kier molecular flexibility index (Phi) is 7.25. The lowest BCUT2D eigenvalue weighted by Crippen LogP contribution is -3.15. The van der Waals surface area contributed by atoms with Gasteiger partial charge in [0.2, 0.25) is 0 Å². The van der Waals surface area contributed by atoms with Gasteiger partial charge >= 0.3 is 0 Å². The number of benzene rings is 2. The molecule has 2 aliphatic heterocycles. The number of quaternary nitrogens is 1. The zero-order valence-electron chi connectivity index (χ0n) is 19.3. The molecule has 1 fully saturated rings. The van der Waals surface area contributed by atoms with Crippen LogP contribution in [0.4, 0.5) is 15.8 Å². The number of carbonyl (C=O) groups is 2. The Balaban J connectivity index is 1.24. The predicted octanol–water partition coefficient (Wildman–Crippen LogP) is 1.18. The van der Waals surface area contributed by atoms with Crippen molar-refractivity contribution in [2.24, 2.45) is 16.0 Å². The summed E-state index contributed by atoms with van der Waals surface area (Å²) in [7, 11) is 0. The quantitative estimate of drug-likeness (QED) is 0.364. The number of nitrogens with one attached hydrogen (secondary N) is 1. The first-order chi connectivity index (χ1) is 16.8. The minimum atomic E-state index is -0.569. The summed E-state index contributed by atoms with van der Waals surface area (Å²) in [5, 5.41) is 16.4. The fourth-order valence-electron chi connectivity index (χ4n) is 4.13. The number of hydrogen-bond donors (Lipinski definition) is 1. The third-order valence-corrected chi connectivity index (χ3v) is 6.17. The molecule has 1 atom stereocenters. The second-order valence-electron chi connectivity index (χ2n) is 8.50. The van der Waals surface area contributed by atoms with Gasteiger partial charge in [-0.3, -0.25) is 24.7 Å². The maximum atomic E-state index is 13.4. The second kappa shape index (κ2) is 10.5. The van der Waals surface area contributed by atoms with E-state index in [2.05, 4.69) is 10.1 Å². The van der Waals surface area contributed by atoms with Gasteiger partial charge in [0.25, 0.3) is 17.5 Å². The van der Waals surface area contributed by atoms with E-state index >= 15 is 0 Å². The zero-order valence-corrected chi connectivity index (χ0v) is 19.3. The van der Waals surface area contributed by atoms with Crippen molar-refractivity contribution in [3.8, 4) is 0 Å². The fraction of sp³-hybridized carbons (Fsp3) is 0.333. The Hall–Kier alpha value is -3.99. The Morgan fingerprint density at radius 2 is 1.97 bits per heavy atom. The molecule has 2 aliphatic rings. The normalized spacial score (nSPS) is 18.9. The molecular formula is C24H26FN6O4+. The van der Waals surface area contributed by atoms with E-state index in [1.165, 1.54) is 52.4 Å². The van der Waals surface area contributed by atoms with Crippen LogP contribution in [0, 0.1) is 21.8 Å². The molecule has 2 amide bonds. The van der Waals surface area contributed by atoms with Gasteiger partial charge in [0, 0.05) is 23.9 Å². The highest BCUT2D eigenvalue weighted by Crippen LogP contribution is 2.25. The van der Waals surface area contributed by atoms with E-state index in [4.69, 9.17) is 0 Å². The van der Waals surface area contributed by atoms with Crippen molar-refractivity contribution < 1.29 is 23.8 Å². The van der Waals surface area contributed by atoms with E-state index in [0.29, 0.717) is 36.6 Å². The number of piperazine rings is 1. The number of carbonyl (C=O) groups excluding carboxylic acids is 2. The highest BCUT2D eigenvalue weighted by atomic mass is 19.1. The van der Waals surface area contributed by atoms with Crippen molar-refractivity contribution in [3.05, 3.63) is 70.0 Å². The number of non-ortho nitro benzene ring substituents is 1. The summed E-state index contributed by atoms with van der Waals surface area (Å²) in [4.78, 5) is 43.2. The average molecular weight is 482 g/mol. The molecule has 0 aliphatic carbocycles. The molecule has 35 heavy (non-hydrogen) atoms. The molecule has 4 rings (SSSR count). The highest BCUT2D eigenvalue weighted by molar-refractivity contribution is 6.23. The van der Waals surface area contributed by atoms with E-state index in [0.717, 1.165) is 19.6 Å². The lowest BCUT2D eigenvalue weighted by Gasteiger charge is -2.32. The molecule has 0 bridgehead atoms. The Morgan fingerprint density at radius 1 is 1.26 bits per heavy atom. The van der Waals surface area contributed by atoms with Gasteiger partial charge in [-0.2, -0.15) is 10.1 Å². The van der Waals surface area contributed by atoms with Gasteiger partial charge in [0.15, 0.2) is 0 Å². The first-order valence-electron chi connectivity index (χ1n) is 11.4. The van der Waals surface area contributed by atoms with Gasteiger partial charge in [-0.25, -0.2) is 4.39 Å². The number of hydrogen-bond acceptors (Lipinski definition) is 6. The molecule has 0 unspecified atom stereocenters. The van der Waals surface area contributed by atoms with E-state index in [1.54, 1.807) is 24.1 Å². The number of nitro groups is 1. The number of halogens is 1. The van der Waals surface area contributed by atoms with Crippen LogP contribution in [0.3, 0.4) is 0 Å². The summed E-state index contributed by atoms with van der Waals surface area (Å²) in [6.07, 6.45) is 1.61. The average Bonchev–Trinajstić information content (AvgIpc) is 3.15. The molecule has 182 valence electrons. The Bertz CT molecular complexity index is 1170. The lowest BCUT2D eigenvalue weighted by molar-refractivity contribution is -0.902. The standard InChI is InChI=1S/C24H25FN6O4/c1-17-22(24(33)30(27-17)20-5-7-21(8-6-20)31(34)35)16-26-9-10-28-11-13-29(14-12-28)23(32)18-3-2-4-19(25)15-18/h2-8,15-16,22H,9-14H2,1H3/p+1/t22-/m0/s1. The van der Waals surface area contributed by atoms with E-state index in [1.807, 2.05) is 0 Å². The van der Waals surface area contributed by atoms with E-state index in [9.17, 15) is 24.1 Å². The first-order valence-corrected chi connectivity index (χ1v) is 11.4. The SMILES string of the molecule is CC1=NN(c2ccc([N+](=O)[O-])cc2)C(=O)[C@H]1C=NCC[NH+]1CCN(C(=O)c2cccc(F)c2)CC1. The molecule has 0 spiro atoms. The van der Waals surface area contributed by atoms with Crippen LogP contribution >= 0.6 is 0 Å². The zero-order chi connectivity index (χ0) is 24.9. The Morgan fingerprint density at radius 3 is 2.63 bits per heavy atom. The van der Waals surface area contributed by atoms with Gasteiger partial charge in [0.05, 0.1) is 55.6 Å². The molecule has 0 aromatic heterocycles. The van der Waals surface area contributed by atoms with Crippen molar-refractivity contribution in [1.29, 1.82) is 0 Å². The largest absolute Gasteiger partial charge is 0.330 e. The van der Waals surface area contributed by atoms with Crippen LogP contribution in [0.25, 0.3) is 0 Å². The molecule has 2 heterocycles. The number of amides is 2. The fourth-order valence-corrected chi connectivity index (χ4v) is 4.13. The van der Waals surface area contributed by atoms with Crippen LogP contribution in [0.5, 0.6) is 0 Å². The van der Waals surface area contributed by atoms with Crippen LogP contribution in [0.15, 0.2) is 58.6 Å². The summed E-state index contributed by atoms with van der Waals surface area (Å²) in [6, 6.07) is 11.4. The molecule has 2 aromatic rings. The number of nitro benzene ring substituents is 1. The predicted molar refractivity (Wildman–Crippen MR) is 128 cm³/mol. The molecule has 11 heteroatoms. The summed E-state index contributed by atoms with van der Waals surface area (Å²) >= 11 is 0. The van der Waals surface area contributed by atoms with Crippen LogP contribution in [0.2, 0.25) is 0 Å². The smallest absolute Gasteiger partial charge is 0.269 e. The summed E-state index contributed by atoms with van der Waals surface area (Å²) in [5.41, 5.74) is 1.37. The molecule has 0 saturated carbocycles. The summed E-state index contributed by atoms with van der Waals surface area (Å²) < 4.78 is 13.4. The first kappa shape index (κ1) is 24.1. The number of rotatable bonds is 7. The van der Waals surface area contributed by atoms with Crippen LogP contribution in [0.1, 0.15) is 17.3 Å². The monoisotopic (exact) mass is 481 g/mol. The van der Waals surface area contributed by atoms with Gasteiger partial charge in [-0.05, 0) is 37.3 Å². The molecule has 0 radical (unpaired) electrons. The van der Waals surface area contributed by atoms with Gasteiger partial charge in [0.1, 0.15) is 11.7 Å². The number of anilines is 1. The molecular weight excluding hydrogens is 455 g/mol. The van der Waals surface area contributed by atoms with E-state index < -0.39 is 16.7 Å². The van der Waals surface area contributed by atoms with Gasteiger partial charge < -0.3 is 9.80 Å². The van der Waals surface area contributed by atoms with Crippen LogP contribution < -0.4 is 9.91 Å². The summed E-state index contributed by atoms with van der Waals surface area (Å²) in [5.74, 6) is -1.40. The van der Waals surface area contributed by atoms with Gasteiger partial charge in [-0.1, -0.05) is 6.07 Å². The maximum Gasteiger partial charge on any atom is 0.269 e. The molecule has 1 N–H and O–H groups in total. The molecule has 2 aromatic carbocycles. The van der Waals surface area contributed by atoms with Crippen LogP contribution in [-0.2, 0) is 4.79 Å². The van der Waals surface area contributed by atoms with Crippen molar-refractivity contribution in [2.75, 3.05) is 44.3 Å². The van der Waals surface area contributed by atoms with Crippen molar-refractivity contribution in [1.82, 2.24) is 4.90 Å². The second-order valence-corrected chi connectivity index (χ2v) is 8.50. The molecule has 1 saturated heterocycles. The minimum absolute atomic E-state index is 0.0547. The topological polar surface area (TPSA) is 113 Å². The molecule has 10 nitrogen and oxygen atoms in total. The Labute approximate surface area is 201 Å². The minimum Gasteiger partial charge on any atom is -0.330 e. The highest BCUT2D eigenvalue weighted by Gasteiger charge is 2.33. The van der Waals surface area contributed by atoms with Crippen molar-refractivity contribution in [2.45, 2.75) is 6.92 Å². The maximum absolute atomic E-state index is 13.4. The number of aliphatic imine (C=N–C) groups is 1. The number of nitrogens with zero attached hydrogens (tertiary/aromatic N) is 5. The van der Waals surface area contributed by atoms with Crippen LogP contribution in [-0.4, -0.2) is 72.8 Å². The third-order valence-electron chi connectivity index (χ3n) is 6.17. The third kappa shape index (κ3) is 5.57. The van der Waals surface area contributed by atoms with E-state index in [-0.39, 0.29) is 17.5 Å².